The molecule has 4 heterocycles. The van der Waals surface area contributed by atoms with E-state index in [2.05, 4.69) is 36.2 Å². The number of H-pyrrole nitrogens is 1. The topological polar surface area (TPSA) is 75.5 Å². The number of aryl methyl sites for hydroxylation is 1. The van der Waals surface area contributed by atoms with Gasteiger partial charge in [0.25, 0.3) is 0 Å². The van der Waals surface area contributed by atoms with E-state index in [1.807, 2.05) is 19.4 Å². The Bertz CT molecular complexity index is 746. The van der Waals surface area contributed by atoms with E-state index in [1.165, 1.54) is 12.1 Å². The molecule has 1 N–H and O–H groups in total. The van der Waals surface area contributed by atoms with E-state index >= 15 is 0 Å². The van der Waals surface area contributed by atoms with E-state index in [9.17, 15) is 0 Å². The number of aromatic nitrogens is 6. The fourth-order valence-corrected chi connectivity index (χ4v) is 3.12. The third-order valence-electron chi connectivity index (χ3n) is 4.19. The maximum Gasteiger partial charge on any atom is 0.163 e. The highest BCUT2D eigenvalue weighted by Crippen LogP contribution is 2.30. The van der Waals surface area contributed by atoms with Crippen molar-refractivity contribution in [1.82, 2.24) is 29.9 Å². The molecule has 21 heavy (non-hydrogen) atoms. The van der Waals surface area contributed by atoms with Crippen LogP contribution in [0.3, 0.4) is 0 Å². The lowest BCUT2D eigenvalue weighted by molar-refractivity contribution is 0.499. The van der Waals surface area contributed by atoms with E-state index in [0.717, 1.165) is 36.4 Å². The quantitative estimate of drug-likeness (QED) is 0.771. The van der Waals surface area contributed by atoms with Crippen LogP contribution in [-0.2, 0) is 7.05 Å². The highest BCUT2D eigenvalue weighted by Gasteiger charge is 2.24. The molecule has 0 amide bonds. The number of aromatic amines is 1. The van der Waals surface area contributed by atoms with Gasteiger partial charge >= 0.3 is 0 Å². The van der Waals surface area contributed by atoms with Crippen LogP contribution in [0.15, 0.2) is 24.8 Å². The summed E-state index contributed by atoms with van der Waals surface area (Å²) in [5, 5.41) is 12.5. The molecule has 4 rings (SSSR count). The summed E-state index contributed by atoms with van der Waals surface area (Å²) in [6.07, 6.45) is 7.62. The molecule has 3 aromatic heterocycles. The Balaban J connectivity index is 1.68. The molecule has 1 aliphatic heterocycles. The number of nitrogens with one attached hydrogen (secondary N) is 1. The van der Waals surface area contributed by atoms with Crippen LogP contribution < -0.4 is 4.90 Å². The molecule has 0 aromatic carbocycles. The number of rotatable bonds is 2. The smallest absolute Gasteiger partial charge is 0.163 e. The van der Waals surface area contributed by atoms with Gasteiger partial charge in [-0.25, -0.2) is 9.97 Å². The predicted octanol–water partition coefficient (Wildman–Crippen LogP) is 1.47. The molecular formula is C14H17N7. The third kappa shape index (κ3) is 2.05. The summed E-state index contributed by atoms with van der Waals surface area (Å²) in [4.78, 5) is 11.1. The molecule has 7 heteroatoms. The first-order chi connectivity index (χ1) is 10.3. The van der Waals surface area contributed by atoms with Gasteiger partial charge in [0.1, 0.15) is 12.1 Å². The Morgan fingerprint density at radius 2 is 2.29 bits per heavy atom. The van der Waals surface area contributed by atoms with Gasteiger partial charge in [0.2, 0.25) is 0 Å². The summed E-state index contributed by atoms with van der Waals surface area (Å²) in [6.45, 7) is 1.97. The second-order valence-electron chi connectivity index (χ2n) is 5.50. The van der Waals surface area contributed by atoms with E-state index in [4.69, 9.17) is 0 Å². The van der Waals surface area contributed by atoms with Gasteiger partial charge < -0.3 is 4.90 Å². The molecule has 1 aliphatic rings. The Kier molecular flexibility index (Phi) is 2.83. The van der Waals surface area contributed by atoms with Crippen LogP contribution in [0, 0.1) is 0 Å². The van der Waals surface area contributed by atoms with Crippen LogP contribution in [0.4, 0.5) is 5.82 Å². The van der Waals surface area contributed by atoms with Crippen LogP contribution in [0.5, 0.6) is 0 Å². The van der Waals surface area contributed by atoms with E-state index in [0.29, 0.717) is 5.92 Å². The molecule has 0 saturated carbocycles. The van der Waals surface area contributed by atoms with Crippen LogP contribution in [0.1, 0.15) is 24.5 Å². The molecule has 3 aromatic rings. The fourth-order valence-electron chi connectivity index (χ4n) is 3.12. The predicted molar refractivity (Wildman–Crippen MR) is 79.1 cm³/mol. The van der Waals surface area contributed by atoms with Crippen LogP contribution in [0.25, 0.3) is 11.0 Å². The Labute approximate surface area is 122 Å². The Hall–Kier alpha value is -2.44. The zero-order valence-corrected chi connectivity index (χ0v) is 11.9. The summed E-state index contributed by atoms with van der Waals surface area (Å²) in [5.41, 5.74) is 2.08. The zero-order valence-electron chi connectivity index (χ0n) is 11.9. The van der Waals surface area contributed by atoms with Gasteiger partial charge in [0, 0.05) is 37.9 Å². The van der Waals surface area contributed by atoms with Crippen molar-refractivity contribution in [2.24, 2.45) is 7.05 Å². The van der Waals surface area contributed by atoms with Crippen molar-refractivity contribution in [3.63, 3.8) is 0 Å². The molecule has 7 nitrogen and oxygen atoms in total. The van der Waals surface area contributed by atoms with E-state index < -0.39 is 0 Å². The highest BCUT2D eigenvalue weighted by molar-refractivity contribution is 5.86. The molecule has 1 fully saturated rings. The van der Waals surface area contributed by atoms with Crippen molar-refractivity contribution in [1.29, 1.82) is 0 Å². The molecule has 1 atom stereocenters. The van der Waals surface area contributed by atoms with Gasteiger partial charge in [-0.15, -0.1) is 0 Å². The molecular weight excluding hydrogens is 266 g/mol. The summed E-state index contributed by atoms with van der Waals surface area (Å²) >= 11 is 0. The highest BCUT2D eigenvalue weighted by atomic mass is 15.3. The molecule has 0 aliphatic carbocycles. The minimum atomic E-state index is 0.475. The second-order valence-corrected chi connectivity index (χ2v) is 5.50. The molecule has 0 radical (unpaired) electrons. The summed E-state index contributed by atoms with van der Waals surface area (Å²) < 4.78 is 1.79. The summed E-state index contributed by atoms with van der Waals surface area (Å²) in [7, 11) is 1.91. The maximum atomic E-state index is 4.50. The third-order valence-corrected chi connectivity index (χ3v) is 4.19. The van der Waals surface area contributed by atoms with Gasteiger partial charge in [0.15, 0.2) is 5.65 Å². The first kappa shape index (κ1) is 12.3. The van der Waals surface area contributed by atoms with Crippen molar-refractivity contribution in [2.75, 3.05) is 18.0 Å². The lowest BCUT2D eigenvalue weighted by atomic mass is 9.95. The average molecular weight is 283 g/mol. The van der Waals surface area contributed by atoms with Gasteiger partial charge in [-0.3, -0.25) is 9.78 Å². The van der Waals surface area contributed by atoms with Crippen molar-refractivity contribution >= 4 is 16.9 Å². The van der Waals surface area contributed by atoms with Crippen LogP contribution in [-0.4, -0.2) is 43.0 Å². The Morgan fingerprint density at radius 1 is 1.33 bits per heavy atom. The number of nitrogens with zero attached hydrogens (tertiary/aromatic N) is 6. The minimum Gasteiger partial charge on any atom is -0.355 e. The lowest BCUT2D eigenvalue weighted by Gasteiger charge is -2.33. The number of anilines is 1. The van der Waals surface area contributed by atoms with E-state index in [1.54, 1.807) is 11.0 Å². The van der Waals surface area contributed by atoms with Crippen molar-refractivity contribution < 1.29 is 0 Å². The molecule has 0 bridgehead atoms. The second kappa shape index (κ2) is 4.83. The van der Waals surface area contributed by atoms with Crippen molar-refractivity contribution in [3.05, 3.63) is 30.5 Å². The van der Waals surface area contributed by atoms with Crippen LogP contribution in [0.2, 0.25) is 0 Å². The fraction of sp³-hybridized carbons (Fsp3) is 0.429. The first-order valence-corrected chi connectivity index (χ1v) is 7.20. The number of piperidine rings is 1. The first-order valence-electron chi connectivity index (χ1n) is 7.20. The lowest BCUT2D eigenvalue weighted by Crippen LogP contribution is -2.35. The SMILES string of the molecule is Cn1ncc2c(N3CCC[C@@H](c4ccn[nH]4)C3)ncnc21. The number of hydrogen-bond donors (Lipinski definition) is 1. The minimum absolute atomic E-state index is 0.475. The standard InChI is InChI=1S/C14H17N7/c1-20-13-11(7-18-20)14(16-9-15-13)21-6-2-3-10(8-21)12-4-5-17-19-12/h4-5,7,9-10H,2-3,6,8H2,1H3,(H,17,19)/t10-/m1/s1. The number of fused-ring (bicyclic) bond motifs is 1. The summed E-state index contributed by atoms with van der Waals surface area (Å²) in [6, 6.07) is 2.06. The molecule has 0 unspecified atom stereocenters. The Morgan fingerprint density at radius 3 is 3.14 bits per heavy atom. The molecule has 1 saturated heterocycles. The van der Waals surface area contributed by atoms with Gasteiger partial charge in [-0.1, -0.05) is 0 Å². The van der Waals surface area contributed by atoms with Crippen LogP contribution >= 0.6 is 0 Å². The largest absolute Gasteiger partial charge is 0.355 e. The van der Waals surface area contributed by atoms with Gasteiger partial charge in [-0.2, -0.15) is 10.2 Å². The average Bonchev–Trinajstić information content (AvgIpc) is 3.18. The zero-order chi connectivity index (χ0) is 14.2. The summed E-state index contributed by atoms with van der Waals surface area (Å²) in [5.74, 6) is 1.46. The van der Waals surface area contributed by atoms with Gasteiger partial charge in [-0.05, 0) is 18.9 Å². The van der Waals surface area contributed by atoms with E-state index in [-0.39, 0.29) is 0 Å². The monoisotopic (exact) mass is 283 g/mol. The van der Waals surface area contributed by atoms with Crippen molar-refractivity contribution in [2.45, 2.75) is 18.8 Å². The number of hydrogen-bond acceptors (Lipinski definition) is 5. The maximum absolute atomic E-state index is 4.50. The molecule has 0 spiro atoms. The van der Waals surface area contributed by atoms with Crippen molar-refractivity contribution in [3.8, 4) is 0 Å². The van der Waals surface area contributed by atoms with Gasteiger partial charge in [0.05, 0.1) is 11.6 Å². The normalized spacial score (nSPS) is 19.3. The molecule has 108 valence electrons.